The van der Waals surface area contributed by atoms with E-state index in [4.69, 9.17) is 10.8 Å². The van der Waals surface area contributed by atoms with Crippen molar-refractivity contribution in [2.75, 3.05) is 12.4 Å². The number of aromatic nitrogens is 1. The Bertz CT molecular complexity index is 1080. The molecule has 180 valence electrons. The molecular formula is C23H24F3N5O3. The lowest BCUT2D eigenvalue weighted by atomic mass is 9.74. The molecule has 1 fully saturated rings. The van der Waals surface area contributed by atoms with Gasteiger partial charge in [0.2, 0.25) is 5.91 Å². The average Bonchev–Trinajstić information content (AvgIpc) is 2.76. The van der Waals surface area contributed by atoms with E-state index in [0.717, 1.165) is 11.8 Å². The molecule has 4 N–H and O–H groups in total. The summed E-state index contributed by atoms with van der Waals surface area (Å²) in [5, 5.41) is 11.6. The van der Waals surface area contributed by atoms with E-state index in [9.17, 15) is 22.8 Å². The van der Waals surface area contributed by atoms with Crippen LogP contribution in [0.5, 0.6) is 0 Å². The number of carbonyl (C=O) groups excluding carboxylic acids is 1. The van der Waals surface area contributed by atoms with Crippen LogP contribution in [0, 0.1) is 11.8 Å². The van der Waals surface area contributed by atoms with Gasteiger partial charge >= 0.3 is 12.1 Å². The maximum absolute atomic E-state index is 13.6. The van der Waals surface area contributed by atoms with Crippen LogP contribution in [0.4, 0.5) is 24.7 Å². The van der Waals surface area contributed by atoms with Gasteiger partial charge in [0.25, 0.3) is 0 Å². The van der Waals surface area contributed by atoms with E-state index >= 15 is 0 Å². The third-order valence-electron chi connectivity index (χ3n) is 5.43. The number of aliphatic imine (C=N–C) groups is 1. The second-order valence-electron chi connectivity index (χ2n) is 7.95. The summed E-state index contributed by atoms with van der Waals surface area (Å²) in [7, 11) is 1.63. The minimum absolute atomic E-state index is 0.111. The van der Waals surface area contributed by atoms with Crippen LogP contribution >= 0.6 is 0 Å². The van der Waals surface area contributed by atoms with Gasteiger partial charge < -0.3 is 21.1 Å². The summed E-state index contributed by atoms with van der Waals surface area (Å²) >= 11 is 0. The Hall–Kier alpha value is -3.89. The Morgan fingerprint density at radius 2 is 1.88 bits per heavy atom. The number of benzene rings is 1. The second kappa shape index (κ2) is 10.4. The molecule has 2 aromatic rings. The molecule has 3 rings (SSSR count). The second-order valence-corrected chi connectivity index (χ2v) is 7.95. The van der Waals surface area contributed by atoms with E-state index in [1.807, 2.05) is 0 Å². The molecule has 0 aliphatic heterocycles. The molecule has 11 heteroatoms. The molecule has 0 spiro atoms. The SMILES string of the molecule is CN(Cc1ccc(NC(=C/N)/C(=N/c2ccccn2)C(F)(F)F)cc1)C(=O)C1CC(C(=O)O)C1. The smallest absolute Gasteiger partial charge is 0.435 e. The Kier molecular flexibility index (Phi) is 7.54. The summed E-state index contributed by atoms with van der Waals surface area (Å²) in [4.78, 5) is 32.3. The van der Waals surface area contributed by atoms with Crippen LogP contribution in [0.1, 0.15) is 18.4 Å². The lowest BCUT2D eigenvalue weighted by Gasteiger charge is -2.34. The number of nitrogens with zero attached hydrogens (tertiary/aromatic N) is 3. The first kappa shape index (κ1) is 24.7. The molecule has 0 radical (unpaired) electrons. The zero-order valence-corrected chi connectivity index (χ0v) is 18.3. The van der Waals surface area contributed by atoms with E-state index in [-0.39, 0.29) is 24.2 Å². The number of hydrogen-bond acceptors (Lipinski definition) is 6. The number of aliphatic carboxylic acids is 1. The van der Waals surface area contributed by atoms with Gasteiger partial charge in [-0.05, 0) is 42.7 Å². The summed E-state index contributed by atoms with van der Waals surface area (Å²) in [5.74, 6) is -1.91. The third-order valence-corrected chi connectivity index (χ3v) is 5.43. The zero-order valence-electron chi connectivity index (χ0n) is 18.3. The molecule has 1 aliphatic rings. The minimum Gasteiger partial charge on any atom is -0.481 e. The summed E-state index contributed by atoms with van der Waals surface area (Å²) in [5.41, 5.74) is 4.92. The number of nitrogens with two attached hydrogens (primary N) is 1. The van der Waals surface area contributed by atoms with Gasteiger partial charge in [0.15, 0.2) is 11.5 Å². The largest absolute Gasteiger partial charge is 0.481 e. The molecule has 1 aromatic heterocycles. The predicted molar refractivity (Wildman–Crippen MR) is 120 cm³/mol. The highest BCUT2D eigenvalue weighted by molar-refractivity contribution is 6.07. The first-order valence-corrected chi connectivity index (χ1v) is 10.4. The normalized spacial score (nSPS) is 18.7. The molecule has 8 nitrogen and oxygen atoms in total. The van der Waals surface area contributed by atoms with Gasteiger partial charge in [-0.15, -0.1) is 0 Å². The zero-order chi connectivity index (χ0) is 24.9. The average molecular weight is 475 g/mol. The molecular weight excluding hydrogens is 451 g/mol. The number of carboxylic acids is 1. The molecule has 1 aromatic carbocycles. The van der Waals surface area contributed by atoms with Gasteiger partial charge in [-0.1, -0.05) is 18.2 Å². The highest BCUT2D eigenvalue weighted by Gasteiger charge is 2.40. The summed E-state index contributed by atoms with van der Waals surface area (Å²) in [6.45, 7) is 0.280. The fourth-order valence-corrected chi connectivity index (χ4v) is 3.52. The van der Waals surface area contributed by atoms with Crippen molar-refractivity contribution < 1.29 is 27.9 Å². The Morgan fingerprint density at radius 1 is 1.21 bits per heavy atom. The van der Waals surface area contributed by atoms with Crippen LogP contribution in [0.15, 0.2) is 65.6 Å². The minimum atomic E-state index is -4.78. The molecule has 1 aliphatic carbocycles. The summed E-state index contributed by atoms with van der Waals surface area (Å²) < 4.78 is 40.9. The highest BCUT2D eigenvalue weighted by atomic mass is 19.4. The first-order valence-electron chi connectivity index (χ1n) is 10.4. The number of hydrogen-bond donors (Lipinski definition) is 3. The quantitative estimate of drug-likeness (QED) is 0.501. The van der Waals surface area contributed by atoms with Gasteiger partial charge in [-0.2, -0.15) is 13.2 Å². The van der Waals surface area contributed by atoms with E-state index in [0.29, 0.717) is 18.5 Å². The number of rotatable bonds is 8. The number of anilines is 1. The number of amides is 1. The topological polar surface area (TPSA) is 121 Å². The molecule has 1 saturated carbocycles. The van der Waals surface area contributed by atoms with Gasteiger partial charge in [-0.3, -0.25) is 9.59 Å². The molecule has 0 bridgehead atoms. The van der Waals surface area contributed by atoms with Crippen LogP contribution in [0.3, 0.4) is 0 Å². The number of allylic oxidation sites excluding steroid dienone is 1. The number of pyridine rings is 1. The van der Waals surface area contributed by atoms with E-state index in [1.165, 1.54) is 23.2 Å². The van der Waals surface area contributed by atoms with Crippen molar-refractivity contribution in [2.45, 2.75) is 25.6 Å². The fourth-order valence-electron chi connectivity index (χ4n) is 3.52. The first-order chi connectivity index (χ1) is 16.1. The van der Waals surface area contributed by atoms with Crippen molar-refractivity contribution in [3.05, 3.63) is 66.1 Å². The van der Waals surface area contributed by atoms with Crippen molar-refractivity contribution in [2.24, 2.45) is 22.6 Å². The van der Waals surface area contributed by atoms with Crippen LogP contribution in [0.25, 0.3) is 0 Å². The van der Waals surface area contributed by atoms with E-state index in [1.54, 1.807) is 37.4 Å². The molecule has 1 amide bonds. The molecule has 34 heavy (non-hydrogen) atoms. The summed E-state index contributed by atoms with van der Waals surface area (Å²) in [6, 6.07) is 10.9. The number of nitrogens with one attached hydrogen (secondary N) is 1. The number of carboxylic acid groups (broad SMARTS) is 1. The van der Waals surface area contributed by atoms with E-state index < -0.39 is 29.5 Å². The monoisotopic (exact) mass is 475 g/mol. The number of alkyl halides is 3. The number of halogens is 3. The lowest BCUT2D eigenvalue weighted by Crippen LogP contribution is -2.41. The molecule has 0 saturated heterocycles. The lowest BCUT2D eigenvalue weighted by molar-refractivity contribution is -0.151. The van der Waals surface area contributed by atoms with Gasteiger partial charge in [-0.25, -0.2) is 9.98 Å². The Labute approximate surface area is 194 Å². The number of carbonyl (C=O) groups is 2. The van der Waals surface area contributed by atoms with Crippen LogP contribution < -0.4 is 11.1 Å². The maximum Gasteiger partial charge on any atom is 0.435 e. The van der Waals surface area contributed by atoms with Gasteiger partial charge in [0.1, 0.15) is 0 Å². The van der Waals surface area contributed by atoms with Crippen LogP contribution in [-0.2, 0) is 16.1 Å². The Balaban J connectivity index is 1.66. The molecule has 1 heterocycles. The summed E-state index contributed by atoms with van der Waals surface area (Å²) in [6.07, 6.45) is -1.99. The van der Waals surface area contributed by atoms with Crippen molar-refractivity contribution in [3.8, 4) is 0 Å². The van der Waals surface area contributed by atoms with Crippen molar-refractivity contribution >= 4 is 29.1 Å². The van der Waals surface area contributed by atoms with Gasteiger partial charge in [0.05, 0.1) is 11.6 Å². The predicted octanol–water partition coefficient (Wildman–Crippen LogP) is 3.70. The third kappa shape index (κ3) is 6.12. The standard InChI is InChI=1S/C23H24F3N5O3/c1-31(21(32)15-10-16(11-15)22(33)34)13-14-5-7-17(8-6-14)29-18(12-27)20(23(24,25)26)30-19-4-2-3-9-28-19/h2-9,12,15-16,29H,10-11,13,27H2,1H3,(H,33,34)/b18-12+,30-20-. The maximum atomic E-state index is 13.6. The van der Waals surface area contributed by atoms with Crippen LogP contribution in [0.2, 0.25) is 0 Å². The fraction of sp³-hybridized carbons (Fsp3) is 0.304. The van der Waals surface area contributed by atoms with Crippen molar-refractivity contribution in [1.82, 2.24) is 9.88 Å². The highest BCUT2D eigenvalue weighted by Crippen LogP contribution is 2.35. The van der Waals surface area contributed by atoms with Crippen molar-refractivity contribution in [3.63, 3.8) is 0 Å². The van der Waals surface area contributed by atoms with Gasteiger partial charge in [0, 0.05) is 37.6 Å². The Morgan fingerprint density at radius 3 is 2.41 bits per heavy atom. The molecule has 0 atom stereocenters. The van der Waals surface area contributed by atoms with Crippen LogP contribution in [-0.4, -0.2) is 45.8 Å². The van der Waals surface area contributed by atoms with E-state index in [2.05, 4.69) is 15.3 Å². The van der Waals surface area contributed by atoms with Crippen molar-refractivity contribution in [1.29, 1.82) is 0 Å². The molecule has 0 unspecified atom stereocenters.